The van der Waals surface area contributed by atoms with E-state index >= 15 is 0 Å². The highest BCUT2D eigenvalue weighted by Crippen LogP contribution is 2.29. The largest absolute Gasteiger partial charge is 0.516 e. The first kappa shape index (κ1) is 11.6. The van der Waals surface area contributed by atoms with Crippen LogP contribution in [0.1, 0.15) is 0 Å². The SMILES string of the molecule is N#CC1C=CC=CN1S(=O)(=O)C(F)(F)F. The van der Waals surface area contributed by atoms with E-state index in [0.29, 0.717) is 6.20 Å². The first-order chi connectivity index (χ1) is 6.80. The molecule has 0 aromatic carbocycles. The summed E-state index contributed by atoms with van der Waals surface area (Å²) < 4.78 is 58.3. The minimum Gasteiger partial charge on any atom is -0.249 e. The quantitative estimate of drug-likeness (QED) is 0.687. The first-order valence-corrected chi connectivity index (χ1v) is 5.09. The van der Waals surface area contributed by atoms with Crippen molar-refractivity contribution < 1.29 is 21.6 Å². The third kappa shape index (κ3) is 1.97. The highest BCUT2D eigenvalue weighted by molar-refractivity contribution is 7.90. The van der Waals surface area contributed by atoms with Crippen molar-refractivity contribution >= 4 is 10.0 Å². The maximum atomic E-state index is 12.1. The molecule has 1 aliphatic rings. The summed E-state index contributed by atoms with van der Waals surface area (Å²) >= 11 is 0. The van der Waals surface area contributed by atoms with E-state index in [1.807, 2.05) is 0 Å². The molecule has 0 radical (unpaired) electrons. The van der Waals surface area contributed by atoms with E-state index in [4.69, 9.17) is 5.26 Å². The molecule has 0 saturated carbocycles. The Kier molecular flexibility index (Phi) is 2.77. The maximum absolute atomic E-state index is 12.1. The Balaban J connectivity index is 3.15. The highest BCUT2D eigenvalue weighted by Gasteiger charge is 2.51. The zero-order chi connectivity index (χ0) is 11.7. The van der Waals surface area contributed by atoms with Gasteiger partial charge in [0.25, 0.3) is 0 Å². The van der Waals surface area contributed by atoms with Gasteiger partial charge in [-0.3, -0.25) is 0 Å². The molecule has 1 unspecified atom stereocenters. The molecule has 4 nitrogen and oxygen atoms in total. The second-order valence-electron chi connectivity index (χ2n) is 2.58. The van der Waals surface area contributed by atoms with Gasteiger partial charge in [-0.05, 0) is 12.2 Å². The van der Waals surface area contributed by atoms with E-state index in [0.717, 1.165) is 12.2 Å². The smallest absolute Gasteiger partial charge is 0.249 e. The van der Waals surface area contributed by atoms with Crippen LogP contribution in [0.5, 0.6) is 0 Å². The van der Waals surface area contributed by atoms with Crippen LogP contribution in [-0.4, -0.2) is 24.3 Å². The van der Waals surface area contributed by atoms with Crippen LogP contribution in [0.3, 0.4) is 0 Å². The molecular formula is C7H5F3N2O2S. The molecule has 0 aromatic heterocycles. The molecule has 15 heavy (non-hydrogen) atoms. The minimum absolute atomic E-state index is 0.0208. The minimum atomic E-state index is -5.49. The van der Waals surface area contributed by atoms with Crippen LogP contribution in [-0.2, 0) is 10.0 Å². The van der Waals surface area contributed by atoms with Crippen molar-refractivity contribution in [2.24, 2.45) is 0 Å². The third-order valence-corrected chi connectivity index (χ3v) is 3.10. The molecule has 1 heterocycles. The Hall–Kier alpha value is -1.49. The Labute approximate surface area is 84.0 Å². The second kappa shape index (κ2) is 3.58. The number of halogens is 3. The fraction of sp³-hybridized carbons (Fsp3) is 0.286. The van der Waals surface area contributed by atoms with Gasteiger partial charge in [0.2, 0.25) is 0 Å². The van der Waals surface area contributed by atoms with Crippen molar-refractivity contribution in [3.63, 3.8) is 0 Å². The molecule has 0 saturated heterocycles. The van der Waals surface area contributed by atoms with E-state index in [2.05, 4.69) is 0 Å². The molecule has 0 aromatic rings. The summed E-state index contributed by atoms with van der Waals surface area (Å²) in [5.74, 6) is 0. The lowest BCUT2D eigenvalue weighted by Crippen LogP contribution is -2.42. The predicted octanol–water partition coefficient (Wildman–Crippen LogP) is 1.11. The van der Waals surface area contributed by atoms with Gasteiger partial charge in [-0.25, -0.2) is 4.31 Å². The fourth-order valence-electron chi connectivity index (χ4n) is 0.931. The lowest BCUT2D eigenvalue weighted by molar-refractivity contribution is -0.0479. The second-order valence-corrected chi connectivity index (χ2v) is 4.42. The molecule has 82 valence electrons. The van der Waals surface area contributed by atoms with Gasteiger partial charge < -0.3 is 0 Å². The number of nitrogens with zero attached hydrogens (tertiary/aromatic N) is 2. The molecule has 0 fully saturated rings. The van der Waals surface area contributed by atoms with Crippen molar-refractivity contribution in [2.45, 2.75) is 11.6 Å². The lowest BCUT2D eigenvalue weighted by atomic mass is 10.2. The van der Waals surface area contributed by atoms with Crippen molar-refractivity contribution in [1.29, 1.82) is 5.26 Å². The average Bonchev–Trinajstić information content (AvgIpc) is 2.16. The summed E-state index contributed by atoms with van der Waals surface area (Å²) in [6.07, 6.45) is 4.17. The van der Waals surface area contributed by atoms with Crippen molar-refractivity contribution in [1.82, 2.24) is 4.31 Å². The molecule has 0 aliphatic carbocycles. The van der Waals surface area contributed by atoms with E-state index in [1.54, 1.807) is 0 Å². The zero-order valence-corrected chi connectivity index (χ0v) is 7.96. The number of hydrogen-bond acceptors (Lipinski definition) is 3. The lowest BCUT2D eigenvalue weighted by Gasteiger charge is -2.25. The third-order valence-electron chi connectivity index (χ3n) is 1.61. The molecule has 0 spiro atoms. The van der Waals surface area contributed by atoms with Gasteiger partial charge in [0, 0.05) is 6.20 Å². The number of alkyl halides is 3. The van der Waals surface area contributed by atoms with Crippen molar-refractivity contribution in [3.8, 4) is 6.07 Å². The van der Waals surface area contributed by atoms with Crippen LogP contribution in [0.15, 0.2) is 24.4 Å². The molecule has 1 aliphatic heterocycles. The normalized spacial score (nSPS) is 21.5. The Morgan fingerprint density at radius 1 is 1.33 bits per heavy atom. The van der Waals surface area contributed by atoms with Gasteiger partial charge in [0.1, 0.15) is 6.04 Å². The zero-order valence-electron chi connectivity index (χ0n) is 7.14. The maximum Gasteiger partial charge on any atom is 0.516 e. The number of sulfonamides is 1. The molecule has 0 bridgehead atoms. The molecule has 0 N–H and O–H groups in total. The van der Waals surface area contributed by atoms with E-state index < -0.39 is 21.6 Å². The fourth-order valence-corrected chi connectivity index (χ4v) is 1.82. The van der Waals surface area contributed by atoms with Gasteiger partial charge in [-0.15, -0.1) is 0 Å². The highest BCUT2D eigenvalue weighted by atomic mass is 32.2. The van der Waals surface area contributed by atoms with Crippen LogP contribution in [0.4, 0.5) is 13.2 Å². The summed E-state index contributed by atoms with van der Waals surface area (Å²) in [7, 11) is -5.49. The van der Waals surface area contributed by atoms with Crippen molar-refractivity contribution in [2.75, 3.05) is 0 Å². The van der Waals surface area contributed by atoms with Gasteiger partial charge in [0.05, 0.1) is 6.07 Å². The first-order valence-electron chi connectivity index (χ1n) is 3.65. The predicted molar refractivity (Wildman–Crippen MR) is 44.5 cm³/mol. The van der Waals surface area contributed by atoms with E-state index in [1.165, 1.54) is 12.1 Å². The number of allylic oxidation sites excluding steroid dienone is 2. The van der Waals surface area contributed by atoms with Crippen LogP contribution in [0.25, 0.3) is 0 Å². The van der Waals surface area contributed by atoms with Crippen LogP contribution >= 0.6 is 0 Å². The Bertz CT molecular complexity index is 444. The van der Waals surface area contributed by atoms with E-state index in [9.17, 15) is 21.6 Å². The van der Waals surface area contributed by atoms with Crippen molar-refractivity contribution in [3.05, 3.63) is 24.4 Å². The Morgan fingerprint density at radius 3 is 2.40 bits per heavy atom. The summed E-state index contributed by atoms with van der Waals surface area (Å²) in [4.78, 5) is 0. The number of hydrogen-bond donors (Lipinski definition) is 0. The monoisotopic (exact) mass is 238 g/mol. The topological polar surface area (TPSA) is 61.2 Å². The standard InChI is InChI=1S/C7H5F3N2O2S/c8-7(9,10)15(13,14)12-4-2-1-3-6(12)5-11/h1-4,6H. The van der Waals surface area contributed by atoms with Gasteiger partial charge >= 0.3 is 15.5 Å². The number of rotatable bonds is 1. The number of nitriles is 1. The average molecular weight is 238 g/mol. The molecule has 1 rings (SSSR count). The van der Waals surface area contributed by atoms with Gasteiger partial charge in [-0.2, -0.15) is 26.9 Å². The van der Waals surface area contributed by atoms with E-state index in [-0.39, 0.29) is 4.31 Å². The van der Waals surface area contributed by atoms with Crippen LogP contribution in [0, 0.1) is 11.3 Å². The molecular weight excluding hydrogens is 233 g/mol. The summed E-state index contributed by atoms with van der Waals surface area (Å²) in [6, 6.07) is -0.0159. The van der Waals surface area contributed by atoms with Crippen LogP contribution in [0.2, 0.25) is 0 Å². The summed E-state index contributed by atoms with van der Waals surface area (Å²) in [6.45, 7) is 0. The van der Waals surface area contributed by atoms with Crippen LogP contribution < -0.4 is 0 Å². The molecule has 1 atom stereocenters. The summed E-state index contributed by atoms with van der Waals surface area (Å²) in [5, 5.41) is 8.48. The molecule has 0 amide bonds. The molecule has 8 heteroatoms. The van der Waals surface area contributed by atoms with Gasteiger partial charge in [0.15, 0.2) is 0 Å². The van der Waals surface area contributed by atoms with Gasteiger partial charge in [-0.1, -0.05) is 6.08 Å². The summed E-state index contributed by atoms with van der Waals surface area (Å²) in [5.41, 5.74) is -5.41. The Morgan fingerprint density at radius 2 is 1.93 bits per heavy atom.